The van der Waals surface area contributed by atoms with Crippen LogP contribution in [-0.4, -0.2) is 0 Å². The van der Waals surface area contributed by atoms with E-state index in [0.29, 0.717) is 0 Å². The van der Waals surface area contributed by atoms with Gasteiger partial charge >= 0.3 is 0 Å². The molecule has 0 spiro atoms. The van der Waals surface area contributed by atoms with Crippen molar-refractivity contribution in [3.63, 3.8) is 0 Å². The number of rotatable bonds is 29. The molecule has 0 amide bonds. The van der Waals surface area contributed by atoms with Gasteiger partial charge in [-0.05, 0) is 198 Å². The van der Waals surface area contributed by atoms with Crippen molar-refractivity contribution in [2.75, 3.05) is 10.6 Å². The summed E-state index contributed by atoms with van der Waals surface area (Å²) in [6.45, 7) is 9.25. The number of hydrogen-bond donors (Lipinski definition) is 2. The van der Waals surface area contributed by atoms with E-state index in [1.165, 1.54) is 228 Å². The van der Waals surface area contributed by atoms with E-state index in [1.807, 2.05) is 0 Å². The lowest BCUT2D eigenvalue weighted by Crippen LogP contribution is -2.25. The van der Waals surface area contributed by atoms with Gasteiger partial charge in [0.1, 0.15) is 0 Å². The Morgan fingerprint density at radius 2 is 0.663 bits per heavy atom. The molecule has 0 unspecified atom stereocenters. The second-order valence-corrected chi connectivity index (χ2v) is 24.3. The van der Waals surface area contributed by atoms with E-state index in [0.717, 1.165) is 29.9 Å². The molecule has 0 fully saturated rings. The maximum absolute atomic E-state index is 3.86. The van der Waals surface area contributed by atoms with E-state index < -0.39 is 0 Å². The maximum Gasteiger partial charge on any atom is 0.0387 e. The normalized spacial score (nSPS) is 12.5. The average molecular weight is 1090 g/mol. The second-order valence-electron chi connectivity index (χ2n) is 24.3. The number of aryl methyl sites for hydroxylation is 2. The van der Waals surface area contributed by atoms with Gasteiger partial charge in [0.2, 0.25) is 0 Å². The predicted molar refractivity (Wildman–Crippen MR) is 363 cm³/mol. The number of fused-ring (bicyclic) bond motifs is 9. The molecule has 2 nitrogen and oxygen atoms in total. The topological polar surface area (TPSA) is 24.1 Å². The van der Waals surface area contributed by atoms with Crippen LogP contribution >= 0.6 is 0 Å². The first kappa shape index (κ1) is 57.4. The molecule has 83 heavy (non-hydrogen) atoms. The van der Waals surface area contributed by atoms with E-state index in [1.54, 1.807) is 5.56 Å². The quantitative estimate of drug-likeness (QED) is 0.0361. The fourth-order valence-electron chi connectivity index (χ4n) is 14.0. The molecule has 11 rings (SSSR count). The van der Waals surface area contributed by atoms with Gasteiger partial charge in [-0.3, -0.25) is 0 Å². The molecular formula is C81H90N2. The van der Waals surface area contributed by atoms with Crippen LogP contribution in [0.2, 0.25) is 0 Å². The van der Waals surface area contributed by atoms with Gasteiger partial charge in [-0.1, -0.05) is 264 Å². The van der Waals surface area contributed by atoms with Crippen molar-refractivity contribution in [1.82, 2.24) is 0 Å². The Morgan fingerprint density at radius 3 is 1.24 bits per heavy atom. The van der Waals surface area contributed by atoms with Crippen molar-refractivity contribution >= 4 is 55.1 Å². The van der Waals surface area contributed by atoms with Gasteiger partial charge in [-0.15, -0.1) is 0 Å². The summed E-state index contributed by atoms with van der Waals surface area (Å²) >= 11 is 0. The van der Waals surface area contributed by atoms with Gasteiger partial charge in [0.15, 0.2) is 0 Å². The van der Waals surface area contributed by atoms with E-state index >= 15 is 0 Å². The molecule has 0 saturated heterocycles. The molecule has 424 valence electrons. The Morgan fingerprint density at radius 1 is 0.265 bits per heavy atom. The minimum atomic E-state index is 0.0709. The highest BCUT2D eigenvalue weighted by Gasteiger charge is 2.42. The van der Waals surface area contributed by atoms with Crippen LogP contribution in [0.3, 0.4) is 0 Å². The number of nitrogens with one attached hydrogen (secondary N) is 2. The van der Waals surface area contributed by atoms with Gasteiger partial charge in [0, 0.05) is 28.2 Å². The minimum Gasteiger partial charge on any atom is -0.356 e. The molecule has 0 saturated carbocycles. The lowest BCUT2D eigenvalue weighted by atomic mass is 9.70. The molecule has 1 aliphatic rings. The lowest BCUT2D eigenvalue weighted by molar-refractivity contribution is 0.401. The fraction of sp³-hybridized carbons (Fsp3) is 0.333. The van der Waals surface area contributed by atoms with Crippen molar-refractivity contribution in [3.8, 4) is 44.5 Å². The monoisotopic (exact) mass is 1090 g/mol. The Bertz CT molecular complexity index is 3720. The molecule has 0 atom stereocenters. The summed E-state index contributed by atoms with van der Waals surface area (Å²) in [5.74, 6) is 0. The average Bonchev–Trinajstić information content (AvgIpc) is 4.07. The first-order valence-corrected chi connectivity index (χ1v) is 32.6. The van der Waals surface area contributed by atoms with Crippen molar-refractivity contribution < 1.29 is 0 Å². The Balaban J connectivity index is 0.811. The molecule has 1 aliphatic carbocycles. The Hall–Kier alpha value is -7.42. The standard InChI is InChI=1S/C81H90N2/c1-5-9-13-17-18-20-29-61-30-21-22-32-69(61)70-51-47-67(55-64(70)31-19-14-10-6-2)82-65-43-37-59(38-44-65)62-41-49-73-74-50-42-63(57-78(74)72-34-24-23-33-71(72)77(73)56-62)60-39-45-66(46-40-60)83-68-48-52-76-75-35-25-26-36-79(75)81(80(76)58-68,53-27-15-11-7-3)54-28-16-12-8-4/h21-26,30,32-52,55-58,82-83H,5-20,27-29,31,53-54H2,1-4H3. The summed E-state index contributed by atoms with van der Waals surface area (Å²) in [4.78, 5) is 0. The third kappa shape index (κ3) is 13.0. The molecule has 2 N–H and O–H groups in total. The highest BCUT2D eigenvalue weighted by Crippen LogP contribution is 2.55. The lowest BCUT2D eigenvalue weighted by Gasteiger charge is -2.33. The molecule has 0 heterocycles. The fourth-order valence-corrected chi connectivity index (χ4v) is 14.0. The van der Waals surface area contributed by atoms with Crippen molar-refractivity contribution in [1.29, 1.82) is 0 Å². The smallest absolute Gasteiger partial charge is 0.0387 e. The number of anilines is 4. The van der Waals surface area contributed by atoms with E-state index in [2.05, 4.69) is 232 Å². The number of benzene rings is 10. The molecule has 2 heteroatoms. The summed E-state index contributed by atoms with van der Waals surface area (Å²) in [5, 5.41) is 15.4. The summed E-state index contributed by atoms with van der Waals surface area (Å²) in [7, 11) is 0. The minimum absolute atomic E-state index is 0.0709. The molecular weight excluding hydrogens is 1000 g/mol. The summed E-state index contributed by atoms with van der Waals surface area (Å²) < 4.78 is 0. The number of unbranched alkanes of at least 4 members (excludes halogenated alkanes) is 14. The predicted octanol–water partition coefficient (Wildman–Crippen LogP) is 24.9. The third-order valence-electron chi connectivity index (χ3n) is 18.5. The zero-order valence-electron chi connectivity index (χ0n) is 50.5. The largest absolute Gasteiger partial charge is 0.356 e. The van der Waals surface area contributed by atoms with E-state index in [4.69, 9.17) is 0 Å². The van der Waals surface area contributed by atoms with Crippen LogP contribution in [0, 0.1) is 0 Å². The third-order valence-corrected chi connectivity index (χ3v) is 18.5. The zero-order chi connectivity index (χ0) is 56.8. The van der Waals surface area contributed by atoms with Crippen LogP contribution in [0.15, 0.2) is 194 Å². The summed E-state index contributed by atoms with van der Waals surface area (Å²) in [6, 6.07) is 74.1. The molecule has 0 aromatic heterocycles. The molecule has 0 aliphatic heterocycles. The first-order chi connectivity index (χ1) is 41.0. The zero-order valence-corrected chi connectivity index (χ0v) is 50.5. The Labute approximate surface area is 498 Å². The van der Waals surface area contributed by atoms with Crippen molar-refractivity contribution in [3.05, 3.63) is 216 Å². The van der Waals surface area contributed by atoms with Crippen LogP contribution in [0.25, 0.3) is 76.8 Å². The molecule has 10 aromatic carbocycles. The number of hydrogen-bond acceptors (Lipinski definition) is 2. The van der Waals surface area contributed by atoms with Crippen LogP contribution < -0.4 is 10.6 Å². The van der Waals surface area contributed by atoms with Gasteiger partial charge < -0.3 is 10.6 Å². The summed E-state index contributed by atoms with van der Waals surface area (Å²) in [6.07, 6.45) is 28.0. The van der Waals surface area contributed by atoms with Gasteiger partial charge in [-0.2, -0.15) is 0 Å². The van der Waals surface area contributed by atoms with E-state index in [9.17, 15) is 0 Å². The van der Waals surface area contributed by atoms with Gasteiger partial charge in [0.05, 0.1) is 0 Å². The van der Waals surface area contributed by atoms with Crippen molar-refractivity contribution in [2.24, 2.45) is 0 Å². The second kappa shape index (κ2) is 27.8. The van der Waals surface area contributed by atoms with Crippen molar-refractivity contribution in [2.45, 2.75) is 174 Å². The van der Waals surface area contributed by atoms with Gasteiger partial charge in [-0.25, -0.2) is 0 Å². The van der Waals surface area contributed by atoms with Crippen LogP contribution in [-0.2, 0) is 18.3 Å². The van der Waals surface area contributed by atoms with Crippen LogP contribution in [0.1, 0.15) is 178 Å². The molecule has 10 aromatic rings. The summed E-state index contributed by atoms with van der Waals surface area (Å²) in [5.41, 5.74) is 21.2. The van der Waals surface area contributed by atoms with Crippen LogP contribution in [0.4, 0.5) is 22.7 Å². The SMILES string of the molecule is CCCCCCCCc1ccccc1-c1ccc(Nc2ccc(-c3ccc4c5ccc(-c6ccc(Nc7ccc8c(c7)C(CCCCCC)(CCCCCC)c7ccccc7-8)cc6)cc5c5ccccc5c4c3)cc2)cc1CCCCCC. The van der Waals surface area contributed by atoms with E-state index in [-0.39, 0.29) is 5.41 Å². The highest BCUT2D eigenvalue weighted by atomic mass is 14.9. The van der Waals surface area contributed by atoms with Crippen LogP contribution in [0.5, 0.6) is 0 Å². The van der Waals surface area contributed by atoms with Gasteiger partial charge in [0.25, 0.3) is 0 Å². The maximum atomic E-state index is 3.86. The molecule has 0 radical (unpaired) electrons. The Kier molecular flexibility index (Phi) is 19.2. The first-order valence-electron chi connectivity index (χ1n) is 32.6. The highest BCUT2D eigenvalue weighted by molar-refractivity contribution is 6.26. The molecule has 0 bridgehead atoms.